The highest BCUT2D eigenvalue weighted by molar-refractivity contribution is 6.33. The second-order valence-electron chi connectivity index (χ2n) is 5.76. The summed E-state index contributed by atoms with van der Waals surface area (Å²) in [6, 6.07) is 5.59. The first-order valence-corrected chi connectivity index (χ1v) is 8.06. The number of benzene rings is 1. The van der Waals surface area contributed by atoms with E-state index < -0.39 is 29.6 Å². The van der Waals surface area contributed by atoms with Gasteiger partial charge in [0.05, 0.1) is 22.7 Å². The van der Waals surface area contributed by atoms with Crippen LogP contribution in [0.4, 0.5) is 17.6 Å². The van der Waals surface area contributed by atoms with Crippen LogP contribution < -0.4 is 4.74 Å². The lowest BCUT2D eigenvalue weighted by molar-refractivity contribution is -0.137. The van der Waals surface area contributed by atoms with Gasteiger partial charge in [-0.1, -0.05) is 17.7 Å². The first kappa shape index (κ1) is 18.4. The second kappa shape index (κ2) is 7.11. The lowest BCUT2D eigenvalue weighted by atomic mass is 10.2. The Kier molecular flexibility index (Phi) is 5.04. The molecule has 1 aliphatic rings. The molecule has 0 saturated carbocycles. The predicted octanol–water partition coefficient (Wildman–Crippen LogP) is 4.19. The predicted molar refractivity (Wildman–Crippen MR) is 85.6 cm³/mol. The Labute approximate surface area is 151 Å². The normalized spacial score (nSPS) is 17.4. The molecule has 1 aliphatic heterocycles. The minimum atomic E-state index is -4.50. The van der Waals surface area contributed by atoms with Crippen molar-refractivity contribution in [3.63, 3.8) is 0 Å². The van der Waals surface area contributed by atoms with Crippen LogP contribution in [0.3, 0.4) is 0 Å². The Hall–Kier alpha value is -2.35. The Balaban J connectivity index is 1.69. The molecule has 1 fully saturated rings. The molecular weight excluding hydrogens is 376 g/mol. The summed E-state index contributed by atoms with van der Waals surface area (Å²) >= 11 is 5.89. The van der Waals surface area contributed by atoms with Crippen LogP contribution in [0.2, 0.25) is 5.02 Å². The van der Waals surface area contributed by atoms with Gasteiger partial charge in [-0.15, -0.1) is 0 Å². The fraction of sp³-hybridized carbons (Fsp3) is 0.294. The number of likely N-dealkylation sites (tertiary alicyclic amines) is 1. The van der Waals surface area contributed by atoms with Gasteiger partial charge >= 0.3 is 6.18 Å². The zero-order chi connectivity index (χ0) is 18.9. The SMILES string of the molecule is O=C(c1c(F)cccc1Cl)N1CCC(Oc2cc(C(F)(F)F)ccn2)C1. The van der Waals surface area contributed by atoms with Gasteiger partial charge in [-0.25, -0.2) is 9.37 Å². The largest absolute Gasteiger partial charge is 0.472 e. The van der Waals surface area contributed by atoms with E-state index in [1.54, 1.807) is 0 Å². The molecule has 0 aliphatic carbocycles. The van der Waals surface area contributed by atoms with Crippen LogP contribution in [-0.2, 0) is 6.18 Å². The molecule has 4 nitrogen and oxygen atoms in total. The zero-order valence-electron chi connectivity index (χ0n) is 13.3. The maximum atomic E-state index is 13.9. The molecule has 9 heteroatoms. The smallest absolute Gasteiger partial charge is 0.416 e. The van der Waals surface area contributed by atoms with E-state index in [1.165, 1.54) is 17.0 Å². The van der Waals surface area contributed by atoms with Crippen LogP contribution >= 0.6 is 11.6 Å². The number of amides is 1. The lowest BCUT2D eigenvalue weighted by Crippen LogP contribution is -2.31. The van der Waals surface area contributed by atoms with E-state index in [9.17, 15) is 22.4 Å². The zero-order valence-corrected chi connectivity index (χ0v) is 14.0. The number of halogens is 5. The topological polar surface area (TPSA) is 42.4 Å². The third kappa shape index (κ3) is 3.90. The highest BCUT2D eigenvalue weighted by atomic mass is 35.5. The van der Waals surface area contributed by atoms with Crippen molar-refractivity contribution in [2.75, 3.05) is 13.1 Å². The van der Waals surface area contributed by atoms with Crippen molar-refractivity contribution < 1.29 is 27.1 Å². The van der Waals surface area contributed by atoms with Gasteiger partial charge in [0.1, 0.15) is 11.9 Å². The monoisotopic (exact) mass is 388 g/mol. The van der Waals surface area contributed by atoms with Gasteiger partial charge in [-0.05, 0) is 18.2 Å². The molecule has 1 atom stereocenters. The maximum Gasteiger partial charge on any atom is 0.416 e. The number of pyridine rings is 1. The summed E-state index contributed by atoms with van der Waals surface area (Å²) in [4.78, 5) is 17.6. The molecule has 138 valence electrons. The van der Waals surface area contributed by atoms with Crippen molar-refractivity contribution >= 4 is 17.5 Å². The number of hydrogen-bond acceptors (Lipinski definition) is 3. The number of carbonyl (C=O) groups excluding carboxylic acids is 1. The molecule has 2 heterocycles. The van der Waals surface area contributed by atoms with E-state index in [-0.39, 0.29) is 29.6 Å². The molecule has 0 radical (unpaired) electrons. The van der Waals surface area contributed by atoms with Crippen molar-refractivity contribution in [2.45, 2.75) is 18.7 Å². The van der Waals surface area contributed by atoms with E-state index in [2.05, 4.69) is 4.98 Å². The highest BCUT2D eigenvalue weighted by Crippen LogP contribution is 2.31. The van der Waals surface area contributed by atoms with Crippen molar-refractivity contribution in [3.8, 4) is 5.88 Å². The van der Waals surface area contributed by atoms with Crippen LogP contribution in [0.25, 0.3) is 0 Å². The summed E-state index contributed by atoms with van der Waals surface area (Å²) in [7, 11) is 0. The van der Waals surface area contributed by atoms with Crippen LogP contribution in [-0.4, -0.2) is 35.0 Å². The number of alkyl halides is 3. The van der Waals surface area contributed by atoms with Crippen molar-refractivity contribution in [1.82, 2.24) is 9.88 Å². The van der Waals surface area contributed by atoms with Gasteiger partial charge in [0, 0.05) is 25.2 Å². The molecule has 3 rings (SSSR count). The number of aromatic nitrogens is 1. The van der Waals surface area contributed by atoms with Crippen molar-refractivity contribution in [3.05, 3.63) is 58.5 Å². The summed E-state index contributed by atoms with van der Waals surface area (Å²) in [6.45, 7) is 0.370. The standard InChI is InChI=1S/C17H13ClF4N2O2/c18-12-2-1-3-13(19)15(12)16(25)24-7-5-11(9-24)26-14-8-10(4-6-23-14)17(20,21)22/h1-4,6,8,11H,5,7,9H2. The van der Waals surface area contributed by atoms with Crippen molar-refractivity contribution in [2.24, 2.45) is 0 Å². The molecule has 1 unspecified atom stereocenters. The fourth-order valence-electron chi connectivity index (χ4n) is 2.69. The molecule has 26 heavy (non-hydrogen) atoms. The average Bonchev–Trinajstić information content (AvgIpc) is 3.02. The number of carbonyl (C=O) groups is 1. The van der Waals surface area contributed by atoms with Crippen LogP contribution in [0.15, 0.2) is 36.5 Å². The highest BCUT2D eigenvalue weighted by Gasteiger charge is 2.33. The van der Waals surface area contributed by atoms with Gasteiger partial charge in [0.25, 0.3) is 5.91 Å². The summed E-state index contributed by atoms with van der Waals surface area (Å²) in [5.41, 5.74) is -1.10. The first-order chi connectivity index (χ1) is 12.3. The van der Waals surface area contributed by atoms with E-state index in [4.69, 9.17) is 16.3 Å². The maximum absolute atomic E-state index is 13.9. The minimum Gasteiger partial charge on any atom is -0.472 e. The molecule has 1 amide bonds. The Morgan fingerprint density at radius 2 is 2.08 bits per heavy atom. The Morgan fingerprint density at radius 1 is 1.31 bits per heavy atom. The van der Waals surface area contributed by atoms with Gasteiger partial charge in [0.15, 0.2) is 0 Å². The molecule has 1 saturated heterocycles. The molecule has 0 spiro atoms. The van der Waals surface area contributed by atoms with Gasteiger partial charge < -0.3 is 9.64 Å². The Bertz CT molecular complexity index is 808. The summed E-state index contributed by atoms with van der Waals surface area (Å²) in [6.07, 6.45) is -3.65. The molecule has 0 bridgehead atoms. The van der Waals surface area contributed by atoms with E-state index in [0.29, 0.717) is 6.42 Å². The molecule has 2 aromatic rings. The lowest BCUT2D eigenvalue weighted by Gasteiger charge is -2.18. The van der Waals surface area contributed by atoms with E-state index in [0.717, 1.165) is 24.4 Å². The van der Waals surface area contributed by atoms with Gasteiger partial charge in [-0.2, -0.15) is 13.2 Å². The van der Waals surface area contributed by atoms with E-state index >= 15 is 0 Å². The summed E-state index contributed by atoms with van der Waals surface area (Å²) in [5, 5.41) is -0.00101. The van der Waals surface area contributed by atoms with Crippen LogP contribution in [0.1, 0.15) is 22.3 Å². The van der Waals surface area contributed by atoms with Crippen molar-refractivity contribution in [1.29, 1.82) is 0 Å². The first-order valence-electron chi connectivity index (χ1n) is 7.69. The van der Waals surface area contributed by atoms with Crippen LogP contribution in [0, 0.1) is 5.82 Å². The Morgan fingerprint density at radius 3 is 2.77 bits per heavy atom. The van der Waals surface area contributed by atoms with E-state index in [1.807, 2.05) is 0 Å². The summed E-state index contributed by atoms with van der Waals surface area (Å²) < 4.78 is 57.5. The number of ether oxygens (including phenoxy) is 1. The molecule has 1 aromatic heterocycles. The molecule has 0 N–H and O–H groups in total. The molecule has 1 aromatic carbocycles. The third-order valence-corrected chi connectivity index (χ3v) is 4.27. The van der Waals surface area contributed by atoms with Crippen LogP contribution in [0.5, 0.6) is 5.88 Å². The fourth-order valence-corrected chi connectivity index (χ4v) is 2.93. The number of hydrogen-bond donors (Lipinski definition) is 0. The number of nitrogens with zero attached hydrogens (tertiary/aromatic N) is 2. The average molecular weight is 389 g/mol. The van der Waals surface area contributed by atoms with Gasteiger partial charge in [-0.3, -0.25) is 4.79 Å². The quantitative estimate of drug-likeness (QED) is 0.741. The summed E-state index contributed by atoms with van der Waals surface area (Å²) in [5.74, 6) is -1.49. The number of rotatable bonds is 3. The second-order valence-corrected chi connectivity index (χ2v) is 6.16. The molecular formula is C17H13ClF4N2O2. The minimum absolute atomic E-state index is 0.00101. The third-order valence-electron chi connectivity index (χ3n) is 3.96. The van der Waals surface area contributed by atoms with Gasteiger partial charge in [0.2, 0.25) is 5.88 Å².